The van der Waals surface area contributed by atoms with Crippen molar-refractivity contribution in [2.75, 3.05) is 0 Å². The Balaban J connectivity index is 2.13. The number of carboxylic acids is 1. The van der Waals surface area contributed by atoms with Crippen LogP contribution in [0.15, 0.2) is 40.8 Å². The lowest BCUT2D eigenvalue weighted by Gasteiger charge is -2.02. The Morgan fingerprint density at radius 2 is 1.78 bits per heavy atom. The first-order valence-electron chi connectivity index (χ1n) is 5.18. The van der Waals surface area contributed by atoms with Crippen LogP contribution in [-0.4, -0.2) is 16.9 Å². The molecule has 18 heavy (non-hydrogen) atoms. The van der Waals surface area contributed by atoms with Crippen LogP contribution >= 0.6 is 0 Å². The summed E-state index contributed by atoms with van der Waals surface area (Å²) < 4.78 is 10.2. The molecule has 1 N–H and O–H groups in total. The van der Waals surface area contributed by atoms with Gasteiger partial charge in [0, 0.05) is 11.6 Å². The van der Waals surface area contributed by atoms with E-state index in [2.05, 4.69) is 0 Å². The number of rotatable bonds is 4. The normalized spacial score (nSPS) is 10.1. The van der Waals surface area contributed by atoms with E-state index in [1.165, 1.54) is 19.1 Å². The molecule has 0 saturated carbocycles. The van der Waals surface area contributed by atoms with E-state index in [-0.39, 0.29) is 17.5 Å². The molecule has 0 aliphatic rings. The van der Waals surface area contributed by atoms with E-state index in [0.717, 1.165) is 0 Å². The Labute approximate surface area is 103 Å². The van der Waals surface area contributed by atoms with Gasteiger partial charge in [0.1, 0.15) is 5.75 Å². The molecule has 1 heterocycles. The van der Waals surface area contributed by atoms with Gasteiger partial charge < -0.3 is 14.3 Å². The van der Waals surface area contributed by atoms with Crippen LogP contribution in [0.5, 0.6) is 11.7 Å². The summed E-state index contributed by atoms with van der Waals surface area (Å²) in [5.74, 6) is -0.830. The zero-order chi connectivity index (χ0) is 13.1. The number of hydrogen-bond acceptors (Lipinski definition) is 4. The second kappa shape index (κ2) is 4.75. The lowest BCUT2D eigenvalue weighted by atomic mass is 10.1. The molecule has 5 nitrogen and oxygen atoms in total. The van der Waals surface area contributed by atoms with Crippen molar-refractivity contribution in [1.29, 1.82) is 0 Å². The largest absolute Gasteiger partial charge is 0.475 e. The quantitative estimate of drug-likeness (QED) is 0.839. The molecule has 0 fully saturated rings. The number of furan rings is 1. The third-order valence-electron chi connectivity index (χ3n) is 2.27. The van der Waals surface area contributed by atoms with E-state index < -0.39 is 5.97 Å². The number of hydrogen-bond donors (Lipinski definition) is 1. The van der Waals surface area contributed by atoms with Crippen molar-refractivity contribution in [1.82, 2.24) is 0 Å². The topological polar surface area (TPSA) is 76.7 Å². The van der Waals surface area contributed by atoms with Crippen LogP contribution in [0.4, 0.5) is 0 Å². The van der Waals surface area contributed by atoms with Gasteiger partial charge in [0.05, 0.1) is 0 Å². The molecule has 0 amide bonds. The van der Waals surface area contributed by atoms with Gasteiger partial charge >= 0.3 is 5.97 Å². The molecule has 0 radical (unpaired) electrons. The van der Waals surface area contributed by atoms with Crippen molar-refractivity contribution >= 4 is 11.8 Å². The van der Waals surface area contributed by atoms with Crippen LogP contribution in [0.25, 0.3) is 0 Å². The van der Waals surface area contributed by atoms with Gasteiger partial charge in [0.25, 0.3) is 5.95 Å². The number of Topliss-reactive ketones (excluding diaryl/α,β-unsaturated/α-hetero) is 1. The minimum absolute atomic E-state index is 0.0345. The highest BCUT2D eigenvalue weighted by Gasteiger charge is 2.10. The Kier molecular flexibility index (Phi) is 3.14. The van der Waals surface area contributed by atoms with Gasteiger partial charge in [-0.2, -0.15) is 0 Å². The lowest BCUT2D eigenvalue weighted by molar-refractivity contribution is 0.0657. The zero-order valence-electron chi connectivity index (χ0n) is 9.54. The Bertz CT molecular complexity index is 580. The smallest absolute Gasteiger partial charge is 0.371 e. The van der Waals surface area contributed by atoms with Crippen molar-refractivity contribution in [2.24, 2.45) is 0 Å². The summed E-state index contributed by atoms with van der Waals surface area (Å²) in [4.78, 5) is 21.7. The van der Waals surface area contributed by atoms with Crippen molar-refractivity contribution < 1.29 is 23.8 Å². The summed E-state index contributed by atoms with van der Waals surface area (Å²) >= 11 is 0. The number of aromatic carboxylic acids is 1. The molecule has 2 aromatic rings. The average Bonchev–Trinajstić information content (AvgIpc) is 2.78. The van der Waals surface area contributed by atoms with E-state index in [0.29, 0.717) is 11.3 Å². The molecule has 0 bridgehead atoms. The molecular weight excluding hydrogens is 236 g/mol. The number of carbonyl (C=O) groups is 2. The molecule has 0 saturated heterocycles. The first-order chi connectivity index (χ1) is 8.56. The molecule has 2 rings (SSSR count). The third kappa shape index (κ3) is 2.57. The Morgan fingerprint density at radius 3 is 2.28 bits per heavy atom. The number of ketones is 1. The first kappa shape index (κ1) is 11.9. The average molecular weight is 246 g/mol. The third-order valence-corrected chi connectivity index (χ3v) is 2.27. The van der Waals surface area contributed by atoms with E-state index >= 15 is 0 Å². The lowest BCUT2D eigenvalue weighted by Crippen LogP contribution is -1.92. The second-order valence-electron chi connectivity index (χ2n) is 3.61. The highest BCUT2D eigenvalue weighted by atomic mass is 16.6. The number of benzene rings is 1. The van der Waals surface area contributed by atoms with Crippen molar-refractivity contribution in [2.45, 2.75) is 6.92 Å². The molecule has 5 heteroatoms. The van der Waals surface area contributed by atoms with Gasteiger partial charge in [-0.15, -0.1) is 0 Å². The summed E-state index contributed by atoms with van der Waals surface area (Å²) in [6.45, 7) is 1.47. The van der Waals surface area contributed by atoms with Gasteiger partial charge in [-0.3, -0.25) is 4.79 Å². The fourth-order valence-electron chi connectivity index (χ4n) is 1.36. The van der Waals surface area contributed by atoms with Gasteiger partial charge in [0.2, 0.25) is 5.76 Å². The van der Waals surface area contributed by atoms with Gasteiger partial charge in [-0.05, 0) is 37.3 Å². The number of carbonyl (C=O) groups excluding carboxylic acids is 1. The zero-order valence-corrected chi connectivity index (χ0v) is 9.54. The monoisotopic (exact) mass is 246 g/mol. The van der Waals surface area contributed by atoms with Gasteiger partial charge in [-0.1, -0.05) is 0 Å². The molecule has 0 spiro atoms. The molecule has 0 unspecified atom stereocenters. The second-order valence-corrected chi connectivity index (χ2v) is 3.61. The van der Waals surface area contributed by atoms with E-state index in [1.807, 2.05) is 0 Å². The van der Waals surface area contributed by atoms with Crippen molar-refractivity contribution in [3.05, 3.63) is 47.7 Å². The number of carboxylic acid groups (broad SMARTS) is 1. The van der Waals surface area contributed by atoms with Gasteiger partial charge in [0.15, 0.2) is 5.78 Å². The predicted octanol–water partition coefficient (Wildman–Crippen LogP) is 2.97. The maximum absolute atomic E-state index is 11.1. The van der Waals surface area contributed by atoms with Gasteiger partial charge in [-0.25, -0.2) is 4.79 Å². The van der Waals surface area contributed by atoms with E-state index in [4.69, 9.17) is 14.3 Å². The molecular formula is C13H10O5. The SMILES string of the molecule is CC(=O)c1ccc(Oc2ccc(C(=O)O)o2)cc1. The highest BCUT2D eigenvalue weighted by Crippen LogP contribution is 2.24. The van der Waals surface area contributed by atoms with Crippen LogP contribution in [0, 0.1) is 0 Å². The fourth-order valence-corrected chi connectivity index (χ4v) is 1.36. The Morgan fingerprint density at radius 1 is 1.11 bits per heavy atom. The van der Waals surface area contributed by atoms with E-state index in [9.17, 15) is 9.59 Å². The van der Waals surface area contributed by atoms with Crippen LogP contribution < -0.4 is 4.74 Å². The van der Waals surface area contributed by atoms with Crippen LogP contribution in [0.2, 0.25) is 0 Å². The number of ether oxygens (including phenoxy) is 1. The molecule has 0 aliphatic carbocycles. The molecule has 92 valence electrons. The van der Waals surface area contributed by atoms with Crippen LogP contribution in [0.1, 0.15) is 27.8 Å². The minimum Gasteiger partial charge on any atom is -0.475 e. The maximum atomic E-state index is 11.1. The molecule has 0 aliphatic heterocycles. The van der Waals surface area contributed by atoms with Crippen LogP contribution in [-0.2, 0) is 0 Å². The van der Waals surface area contributed by atoms with Crippen molar-refractivity contribution in [3.63, 3.8) is 0 Å². The van der Waals surface area contributed by atoms with Crippen LogP contribution in [0.3, 0.4) is 0 Å². The Hall–Kier alpha value is -2.56. The summed E-state index contributed by atoms with van der Waals surface area (Å²) in [5.41, 5.74) is 0.577. The van der Waals surface area contributed by atoms with E-state index in [1.54, 1.807) is 24.3 Å². The first-order valence-corrected chi connectivity index (χ1v) is 5.18. The minimum atomic E-state index is -1.16. The highest BCUT2D eigenvalue weighted by molar-refractivity contribution is 5.94. The summed E-state index contributed by atoms with van der Waals surface area (Å²) in [7, 11) is 0. The maximum Gasteiger partial charge on any atom is 0.371 e. The fraction of sp³-hybridized carbons (Fsp3) is 0.0769. The molecule has 1 aromatic heterocycles. The standard InChI is InChI=1S/C13H10O5/c1-8(14)9-2-4-10(5-3-9)17-12-7-6-11(18-12)13(15)16/h2-7H,1H3,(H,15,16). The summed E-state index contributed by atoms with van der Waals surface area (Å²) in [6, 6.07) is 9.20. The predicted molar refractivity (Wildman–Crippen MR) is 62.2 cm³/mol. The molecule has 0 atom stereocenters. The summed E-state index contributed by atoms with van der Waals surface area (Å²) in [6.07, 6.45) is 0. The van der Waals surface area contributed by atoms with Crippen molar-refractivity contribution in [3.8, 4) is 11.7 Å². The summed E-state index contributed by atoms with van der Waals surface area (Å²) in [5, 5.41) is 8.67. The molecule has 1 aromatic carbocycles.